The van der Waals surface area contributed by atoms with Crippen molar-refractivity contribution in [3.05, 3.63) is 24.2 Å². The molecule has 78 valence electrons. The molecule has 3 N–H and O–H groups in total. The van der Waals surface area contributed by atoms with E-state index in [2.05, 4.69) is 20.3 Å². The molecule has 2 unspecified atom stereocenters. The number of pyridine rings is 1. The van der Waals surface area contributed by atoms with Gasteiger partial charge in [-0.2, -0.15) is 0 Å². The zero-order valence-corrected chi connectivity index (χ0v) is 8.14. The third kappa shape index (κ3) is 1.40. The van der Waals surface area contributed by atoms with E-state index in [0.29, 0.717) is 5.65 Å². The second-order valence-electron chi connectivity index (χ2n) is 3.78. The van der Waals surface area contributed by atoms with Crippen LogP contribution < -0.4 is 5.32 Å². The van der Waals surface area contributed by atoms with Gasteiger partial charge in [-0.3, -0.25) is 0 Å². The highest BCUT2D eigenvalue weighted by Gasteiger charge is 2.28. The van der Waals surface area contributed by atoms with Gasteiger partial charge in [0.25, 0.3) is 0 Å². The van der Waals surface area contributed by atoms with Crippen molar-refractivity contribution < 1.29 is 5.11 Å². The highest BCUT2D eigenvalue weighted by molar-refractivity contribution is 5.70. The normalized spacial score (nSPS) is 26.2. The molecule has 1 saturated heterocycles. The van der Waals surface area contributed by atoms with Gasteiger partial charge in [-0.05, 0) is 25.1 Å². The van der Waals surface area contributed by atoms with Crippen molar-refractivity contribution in [1.82, 2.24) is 20.3 Å². The summed E-state index contributed by atoms with van der Waals surface area (Å²) in [5.41, 5.74) is 1.61. The predicted octanol–water partition coefficient (Wildman–Crippen LogP) is 0.353. The SMILES string of the molecule is OC1CCNC1c1nc2ncccc2[nH]1. The summed E-state index contributed by atoms with van der Waals surface area (Å²) < 4.78 is 0. The topological polar surface area (TPSA) is 73.8 Å². The van der Waals surface area contributed by atoms with Crippen molar-refractivity contribution >= 4 is 11.2 Å². The number of hydrogen-bond donors (Lipinski definition) is 3. The number of aromatic nitrogens is 3. The molecule has 1 aliphatic rings. The van der Waals surface area contributed by atoms with E-state index in [4.69, 9.17) is 0 Å². The van der Waals surface area contributed by atoms with E-state index < -0.39 is 0 Å². The van der Waals surface area contributed by atoms with Crippen LogP contribution in [0.25, 0.3) is 11.2 Å². The Hall–Kier alpha value is -1.46. The summed E-state index contributed by atoms with van der Waals surface area (Å²) in [6.45, 7) is 0.830. The lowest BCUT2D eigenvalue weighted by Crippen LogP contribution is -2.22. The zero-order valence-electron chi connectivity index (χ0n) is 8.14. The standard InChI is InChI=1S/C10H12N4O/c15-7-3-5-11-8(7)10-13-6-2-1-4-12-9(6)14-10/h1-2,4,7-8,11,15H,3,5H2,(H,12,13,14). The zero-order chi connectivity index (χ0) is 10.3. The number of aliphatic hydroxyl groups is 1. The largest absolute Gasteiger partial charge is 0.391 e. The van der Waals surface area contributed by atoms with Crippen LogP contribution in [0.4, 0.5) is 0 Å². The Bertz CT molecular complexity index is 448. The van der Waals surface area contributed by atoms with Gasteiger partial charge >= 0.3 is 0 Å². The number of hydrogen-bond acceptors (Lipinski definition) is 4. The van der Waals surface area contributed by atoms with Crippen LogP contribution in [-0.2, 0) is 0 Å². The van der Waals surface area contributed by atoms with Gasteiger partial charge in [-0.15, -0.1) is 0 Å². The summed E-state index contributed by atoms with van der Waals surface area (Å²) in [7, 11) is 0. The van der Waals surface area contributed by atoms with Gasteiger partial charge in [0.1, 0.15) is 5.82 Å². The third-order valence-electron chi connectivity index (χ3n) is 2.76. The highest BCUT2D eigenvalue weighted by Crippen LogP contribution is 2.22. The average molecular weight is 204 g/mol. The second kappa shape index (κ2) is 3.29. The van der Waals surface area contributed by atoms with Crippen molar-refractivity contribution in [3.63, 3.8) is 0 Å². The van der Waals surface area contributed by atoms with Crippen LogP contribution >= 0.6 is 0 Å². The molecule has 2 atom stereocenters. The Morgan fingerprint density at radius 1 is 1.47 bits per heavy atom. The number of nitrogens with zero attached hydrogens (tertiary/aromatic N) is 2. The summed E-state index contributed by atoms with van der Waals surface area (Å²) >= 11 is 0. The smallest absolute Gasteiger partial charge is 0.177 e. The number of aliphatic hydroxyl groups excluding tert-OH is 1. The first-order chi connectivity index (χ1) is 7.34. The Kier molecular flexibility index (Phi) is 1.93. The number of nitrogens with one attached hydrogen (secondary N) is 2. The maximum Gasteiger partial charge on any atom is 0.177 e. The molecule has 5 heteroatoms. The molecular weight excluding hydrogens is 192 g/mol. The molecule has 1 fully saturated rings. The van der Waals surface area contributed by atoms with Gasteiger partial charge < -0.3 is 15.4 Å². The first-order valence-electron chi connectivity index (χ1n) is 5.07. The van der Waals surface area contributed by atoms with Crippen molar-refractivity contribution in [2.75, 3.05) is 6.54 Å². The molecule has 0 aromatic carbocycles. The first-order valence-corrected chi connectivity index (χ1v) is 5.07. The van der Waals surface area contributed by atoms with Crippen LogP contribution in [0.2, 0.25) is 0 Å². The van der Waals surface area contributed by atoms with Crippen LogP contribution in [0.5, 0.6) is 0 Å². The quantitative estimate of drug-likeness (QED) is 0.626. The number of fused-ring (bicyclic) bond motifs is 1. The lowest BCUT2D eigenvalue weighted by atomic mass is 10.2. The lowest BCUT2D eigenvalue weighted by molar-refractivity contribution is 0.157. The van der Waals surface area contributed by atoms with Gasteiger partial charge in [-0.1, -0.05) is 0 Å². The number of rotatable bonds is 1. The van der Waals surface area contributed by atoms with Gasteiger partial charge in [0.05, 0.1) is 17.7 Å². The Morgan fingerprint density at radius 2 is 2.40 bits per heavy atom. The summed E-state index contributed by atoms with van der Waals surface area (Å²) in [5.74, 6) is 0.772. The molecule has 15 heavy (non-hydrogen) atoms. The molecule has 0 saturated carbocycles. The van der Waals surface area contributed by atoms with Gasteiger partial charge in [0.15, 0.2) is 5.65 Å². The maximum absolute atomic E-state index is 9.72. The van der Waals surface area contributed by atoms with Gasteiger partial charge in [-0.25, -0.2) is 9.97 Å². The van der Waals surface area contributed by atoms with E-state index in [-0.39, 0.29) is 12.1 Å². The molecule has 0 aliphatic carbocycles. The van der Waals surface area contributed by atoms with Crippen molar-refractivity contribution in [1.29, 1.82) is 0 Å². The average Bonchev–Trinajstić information content (AvgIpc) is 2.82. The monoisotopic (exact) mass is 204 g/mol. The molecule has 5 nitrogen and oxygen atoms in total. The van der Waals surface area contributed by atoms with E-state index >= 15 is 0 Å². The van der Waals surface area contributed by atoms with Gasteiger partial charge in [0, 0.05) is 6.20 Å². The van der Waals surface area contributed by atoms with Crippen molar-refractivity contribution in [2.45, 2.75) is 18.6 Å². The van der Waals surface area contributed by atoms with E-state index in [0.717, 1.165) is 24.3 Å². The van der Waals surface area contributed by atoms with E-state index in [1.165, 1.54) is 0 Å². The molecule has 0 amide bonds. The molecular formula is C10H12N4O. The minimum Gasteiger partial charge on any atom is -0.391 e. The van der Waals surface area contributed by atoms with Crippen LogP contribution in [-0.4, -0.2) is 32.7 Å². The molecule has 0 bridgehead atoms. The van der Waals surface area contributed by atoms with Crippen LogP contribution in [0.15, 0.2) is 18.3 Å². The molecule has 0 spiro atoms. The van der Waals surface area contributed by atoms with Crippen molar-refractivity contribution in [3.8, 4) is 0 Å². The van der Waals surface area contributed by atoms with E-state index in [1.807, 2.05) is 12.1 Å². The fourth-order valence-electron chi connectivity index (χ4n) is 1.98. The minimum atomic E-state index is -0.356. The molecule has 0 radical (unpaired) electrons. The summed E-state index contributed by atoms with van der Waals surface area (Å²) in [5, 5.41) is 12.9. The lowest BCUT2D eigenvalue weighted by Gasteiger charge is -2.10. The summed E-state index contributed by atoms with van der Waals surface area (Å²) in [6.07, 6.45) is 2.13. The van der Waals surface area contributed by atoms with E-state index in [1.54, 1.807) is 6.20 Å². The fraction of sp³-hybridized carbons (Fsp3) is 0.400. The van der Waals surface area contributed by atoms with Gasteiger partial charge in [0.2, 0.25) is 0 Å². The Labute approximate surface area is 86.6 Å². The molecule has 3 heterocycles. The first kappa shape index (κ1) is 8.82. The number of aromatic amines is 1. The second-order valence-corrected chi connectivity index (χ2v) is 3.78. The predicted molar refractivity (Wildman–Crippen MR) is 55.3 cm³/mol. The maximum atomic E-state index is 9.72. The van der Waals surface area contributed by atoms with Crippen molar-refractivity contribution in [2.24, 2.45) is 0 Å². The van der Waals surface area contributed by atoms with E-state index in [9.17, 15) is 5.11 Å². The molecule has 2 aromatic rings. The summed E-state index contributed by atoms with van der Waals surface area (Å²) in [4.78, 5) is 11.7. The third-order valence-corrected chi connectivity index (χ3v) is 2.76. The molecule has 3 rings (SSSR count). The Morgan fingerprint density at radius 3 is 3.13 bits per heavy atom. The van der Waals surface area contributed by atoms with Crippen LogP contribution in [0.1, 0.15) is 18.3 Å². The highest BCUT2D eigenvalue weighted by atomic mass is 16.3. The van der Waals surface area contributed by atoms with Crippen LogP contribution in [0, 0.1) is 0 Å². The fourth-order valence-corrected chi connectivity index (χ4v) is 1.98. The number of imidazole rings is 1. The summed E-state index contributed by atoms with van der Waals surface area (Å²) in [6, 6.07) is 3.71. The number of H-pyrrole nitrogens is 1. The minimum absolute atomic E-state index is 0.0841. The Balaban J connectivity index is 2.04. The molecule has 2 aromatic heterocycles. The van der Waals surface area contributed by atoms with Crippen LogP contribution in [0.3, 0.4) is 0 Å². The molecule has 1 aliphatic heterocycles.